The second kappa shape index (κ2) is 5.56. The number of ether oxygens (including phenoxy) is 1. The van der Waals surface area contributed by atoms with Crippen molar-refractivity contribution < 1.29 is 4.74 Å². The van der Waals surface area contributed by atoms with E-state index in [1.807, 2.05) is 13.0 Å². The van der Waals surface area contributed by atoms with Crippen LogP contribution in [0.3, 0.4) is 0 Å². The molecule has 0 aliphatic carbocycles. The van der Waals surface area contributed by atoms with Crippen LogP contribution in [-0.4, -0.2) is 17.1 Å². The zero-order chi connectivity index (χ0) is 13.8. The fourth-order valence-electron chi connectivity index (χ4n) is 1.90. The monoisotopic (exact) mass is 259 g/mol. The highest BCUT2D eigenvalue weighted by Gasteiger charge is 2.06. The average Bonchev–Trinajstić information content (AvgIpc) is 2.38. The highest BCUT2D eigenvalue weighted by atomic mass is 16.5. The van der Waals surface area contributed by atoms with Crippen molar-refractivity contribution in [2.45, 2.75) is 19.8 Å². The van der Waals surface area contributed by atoms with E-state index < -0.39 is 0 Å². The average molecular weight is 259 g/mol. The summed E-state index contributed by atoms with van der Waals surface area (Å²) in [7, 11) is 1.57. The van der Waals surface area contributed by atoms with Crippen molar-refractivity contribution >= 4 is 5.69 Å². The molecule has 1 aromatic heterocycles. The number of hydrogen-bond acceptors (Lipinski definition) is 4. The molecule has 1 aromatic carbocycles. The van der Waals surface area contributed by atoms with Gasteiger partial charge >= 0.3 is 0 Å². The van der Waals surface area contributed by atoms with Gasteiger partial charge in [-0.1, -0.05) is 6.92 Å². The lowest BCUT2D eigenvalue weighted by Crippen LogP contribution is -2.11. The summed E-state index contributed by atoms with van der Waals surface area (Å²) in [6.45, 7) is 2.04. The predicted molar refractivity (Wildman–Crippen MR) is 75.3 cm³/mol. The molecule has 0 radical (unpaired) electrons. The quantitative estimate of drug-likeness (QED) is 0.823. The van der Waals surface area contributed by atoms with Gasteiger partial charge in [0.1, 0.15) is 11.6 Å². The number of nitrogens with one attached hydrogen (secondary N) is 1. The molecule has 0 unspecified atom stereocenters. The number of rotatable bonds is 4. The molecule has 100 valence electrons. The van der Waals surface area contributed by atoms with Crippen LogP contribution in [-0.2, 0) is 6.42 Å². The van der Waals surface area contributed by atoms with Crippen LogP contribution in [0.4, 0.5) is 5.69 Å². The van der Waals surface area contributed by atoms with Crippen molar-refractivity contribution in [3.8, 4) is 17.0 Å². The van der Waals surface area contributed by atoms with Crippen molar-refractivity contribution in [2.24, 2.45) is 0 Å². The van der Waals surface area contributed by atoms with Crippen LogP contribution in [0.1, 0.15) is 19.2 Å². The summed E-state index contributed by atoms with van der Waals surface area (Å²) in [5.41, 5.74) is 7.68. The second-order valence-electron chi connectivity index (χ2n) is 4.28. The summed E-state index contributed by atoms with van der Waals surface area (Å²) < 4.78 is 5.11. The van der Waals surface area contributed by atoms with Gasteiger partial charge < -0.3 is 15.5 Å². The fraction of sp³-hybridized carbons (Fsp3) is 0.286. The summed E-state index contributed by atoms with van der Waals surface area (Å²) in [6.07, 6.45) is 1.67. The standard InChI is InChI=1S/C14H17N3O2/c1-3-4-13-16-11(8-14(18)17-13)9-5-6-12(19-2)10(15)7-9/h5-8H,3-4,15H2,1-2H3,(H,16,17,18). The van der Waals surface area contributed by atoms with E-state index >= 15 is 0 Å². The van der Waals surface area contributed by atoms with Crippen molar-refractivity contribution in [3.05, 3.63) is 40.4 Å². The maximum atomic E-state index is 11.6. The van der Waals surface area contributed by atoms with E-state index in [1.165, 1.54) is 6.07 Å². The third kappa shape index (κ3) is 2.93. The molecule has 0 fully saturated rings. The molecule has 1 heterocycles. The molecule has 0 spiro atoms. The molecule has 0 saturated carbocycles. The van der Waals surface area contributed by atoms with E-state index in [0.29, 0.717) is 23.0 Å². The number of anilines is 1. The minimum atomic E-state index is -0.150. The number of aromatic nitrogens is 2. The Labute approximate surface area is 111 Å². The second-order valence-corrected chi connectivity index (χ2v) is 4.28. The fourth-order valence-corrected chi connectivity index (χ4v) is 1.90. The van der Waals surface area contributed by atoms with Crippen LogP contribution in [0.15, 0.2) is 29.1 Å². The summed E-state index contributed by atoms with van der Waals surface area (Å²) >= 11 is 0. The first kappa shape index (κ1) is 13.1. The molecule has 2 aromatic rings. The Morgan fingerprint density at radius 1 is 1.37 bits per heavy atom. The molecule has 0 aliphatic rings. The van der Waals surface area contributed by atoms with Gasteiger partial charge in [0.15, 0.2) is 0 Å². The van der Waals surface area contributed by atoms with Gasteiger partial charge in [-0.05, 0) is 24.6 Å². The lowest BCUT2D eigenvalue weighted by atomic mass is 10.1. The lowest BCUT2D eigenvalue weighted by molar-refractivity contribution is 0.417. The van der Waals surface area contributed by atoms with Crippen molar-refractivity contribution in [1.29, 1.82) is 0 Å². The van der Waals surface area contributed by atoms with Crippen LogP contribution < -0.4 is 16.0 Å². The Morgan fingerprint density at radius 3 is 2.79 bits per heavy atom. The Hall–Kier alpha value is -2.30. The molecule has 19 heavy (non-hydrogen) atoms. The van der Waals surface area contributed by atoms with Gasteiger partial charge in [-0.2, -0.15) is 0 Å². The smallest absolute Gasteiger partial charge is 0.251 e. The first-order valence-electron chi connectivity index (χ1n) is 6.18. The number of benzene rings is 1. The van der Waals surface area contributed by atoms with Gasteiger partial charge in [0.25, 0.3) is 5.56 Å². The number of aromatic amines is 1. The van der Waals surface area contributed by atoms with E-state index in [4.69, 9.17) is 10.5 Å². The summed E-state index contributed by atoms with van der Waals surface area (Å²) in [4.78, 5) is 18.8. The zero-order valence-corrected chi connectivity index (χ0v) is 11.1. The van der Waals surface area contributed by atoms with E-state index in [1.54, 1.807) is 19.2 Å². The molecule has 0 atom stereocenters. The SMILES string of the molecule is CCCc1nc(-c2ccc(OC)c(N)c2)cc(=O)[nH]1. The maximum absolute atomic E-state index is 11.6. The van der Waals surface area contributed by atoms with Gasteiger partial charge in [-0.15, -0.1) is 0 Å². The first-order chi connectivity index (χ1) is 9.13. The largest absolute Gasteiger partial charge is 0.495 e. The van der Waals surface area contributed by atoms with E-state index in [-0.39, 0.29) is 5.56 Å². The van der Waals surface area contributed by atoms with Crippen LogP contribution in [0.25, 0.3) is 11.3 Å². The molecule has 5 nitrogen and oxygen atoms in total. The third-order valence-corrected chi connectivity index (χ3v) is 2.80. The van der Waals surface area contributed by atoms with Gasteiger partial charge in [0.05, 0.1) is 18.5 Å². The molecular weight excluding hydrogens is 242 g/mol. The van der Waals surface area contributed by atoms with Crippen LogP contribution in [0.2, 0.25) is 0 Å². The predicted octanol–water partition coefficient (Wildman–Crippen LogP) is 1.98. The van der Waals surface area contributed by atoms with E-state index in [9.17, 15) is 4.79 Å². The van der Waals surface area contributed by atoms with Crippen LogP contribution in [0.5, 0.6) is 5.75 Å². The Balaban J connectivity index is 2.46. The topological polar surface area (TPSA) is 81.0 Å². The van der Waals surface area contributed by atoms with Gasteiger partial charge in [-0.3, -0.25) is 4.79 Å². The van der Waals surface area contributed by atoms with Gasteiger partial charge in [-0.25, -0.2) is 4.98 Å². The minimum Gasteiger partial charge on any atom is -0.495 e. The highest BCUT2D eigenvalue weighted by Crippen LogP contribution is 2.26. The van der Waals surface area contributed by atoms with Crippen molar-refractivity contribution in [1.82, 2.24) is 9.97 Å². The Bertz CT molecular complexity index is 635. The highest BCUT2D eigenvalue weighted by molar-refractivity contribution is 5.68. The van der Waals surface area contributed by atoms with Crippen molar-refractivity contribution in [2.75, 3.05) is 12.8 Å². The number of methoxy groups -OCH3 is 1. The molecule has 0 bridgehead atoms. The first-order valence-corrected chi connectivity index (χ1v) is 6.18. The number of nitrogens with two attached hydrogens (primary N) is 1. The number of nitrogen functional groups attached to an aromatic ring is 1. The molecule has 0 amide bonds. The van der Waals surface area contributed by atoms with Crippen LogP contribution in [0, 0.1) is 0 Å². The Kier molecular flexibility index (Phi) is 3.85. The normalized spacial score (nSPS) is 10.4. The van der Waals surface area contributed by atoms with E-state index in [2.05, 4.69) is 9.97 Å². The van der Waals surface area contributed by atoms with Crippen LogP contribution >= 0.6 is 0 Å². The number of hydrogen-bond donors (Lipinski definition) is 2. The maximum Gasteiger partial charge on any atom is 0.251 e. The molecule has 0 aliphatic heterocycles. The number of aryl methyl sites for hydroxylation is 1. The summed E-state index contributed by atoms with van der Waals surface area (Å²) in [5, 5.41) is 0. The molecule has 0 saturated heterocycles. The van der Waals surface area contributed by atoms with E-state index in [0.717, 1.165) is 18.4 Å². The molecule has 3 N–H and O–H groups in total. The Morgan fingerprint density at radius 2 is 2.16 bits per heavy atom. The third-order valence-electron chi connectivity index (χ3n) is 2.80. The van der Waals surface area contributed by atoms with Gasteiger partial charge in [0.2, 0.25) is 0 Å². The zero-order valence-electron chi connectivity index (χ0n) is 11.1. The lowest BCUT2D eigenvalue weighted by Gasteiger charge is -2.07. The van der Waals surface area contributed by atoms with Crippen molar-refractivity contribution in [3.63, 3.8) is 0 Å². The summed E-state index contributed by atoms with van der Waals surface area (Å²) in [6, 6.07) is 6.84. The number of H-pyrrole nitrogens is 1. The molecule has 5 heteroatoms. The molecular formula is C14H17N3O2. The number of nitrogens with zero attached hydrogens (tertiary/aromatic N) is 1. The minimum absolute atomic E-state index is 0.150. The summed E-state index contributed by atoms with van der Waals surface area (Å²) in [5.74, 6) is 1.31. The molecule has 2 rings (SSSR count). The van der Waals surface area contributed by atoms with Gasteiger partial charge in [0, 0.05) is 18.1 Å².